The predicted molar refractivity (Wildman–Crippen MR) is 74.6 cm³/mol. The van der Waals surface area contributed by atoms with Crippen molar-refractivity contribution in [1.82, 2.24) is 0 Å². The third kappa shape index (κ3) is 2.63. The van der Waals surface area contributed by atoms with Crippen LogP contribution in [0, 0.1) is 12.8 Å². The average Bonchev–Trinajstić information content (AvgIpc) is 2.88. The van der Waals surface area contributed by atoms with Crippen LogP contribution in [0.4, 0.5) is 0 Å². The van der Waals surface area contributed by atoms with E-state index in [1.54, 1.807) is 13.0 Å². The van der Waals surface area contributed by atoms with Crippen LogP contribution in [0.3, 0.4) is 0 Å². The summed E-state index contributed by atoms with van der Waals surface area (Å²) in [5.41, 5.74) is 2.79. The summed E-state index contributed by atoms with van der Waals surface area (Å²) in [5.74, 6) is 2.34. The van der Waals surface area contributed by atoms with Crippen LogP contribution in [0.2, 0.25) is 3.93 Å². The zero-order valence-corrected chi connectivity index (χ0v) is 18.2. The normalized spacial score (nSPS) is 23.2. The molecule has 1 aromatic heterocycles. The first-order chi connectivity index (χ1) is 9.99. The second kappa shape index (κ2) is 5.71. The van der Waals surface area contributed by atoms with Gasteiger partial charge in [0.1, 0.15) is 0 Å². The third-order valence-electron chi connectivity index (χ3n) is 4.60. The number of ether oxygens (including phenoxy) is 1. The number of allylic oxidation sites excluding steroid dienone is 2. The van der Waals surface area contributed by atoms with Gasteiger partial charge in [-0.25, -0.2) is 0 Å². The van der Waals surface area contributed by atoms with Crippen LogP contribution in [-0.4, -0.2) is 9.90 Å². The van der Waals surface area contributed by atoms with Crippen LogP contribution < -0.4 is 5.63 Å². The van der Waals surface area contributed by atoms with Crippen molar-refractivity contribution in [2.45, 2.75) is 37.0 Å². The Morgan fingerprint density at radius 2 is 2.19 bits per heavy atom. The maximum atomic E-state index is 11.7. The molecule has 3 rings (SSSR count). The van der Waals surface area contributed by atoms with E-state index in [-0.39, 0.29) is 5.63 Å². The standard InChI is InChI=1S/C14H15O3.C2H3O.Hg/c1-7-6-11(15)17-14-9(3)13-10(4-5-16-13)8(2)12(7)14;1-2-3;/h6,8,10H,2,4-5H2,1,3H3;1H3;. The summed E-state index contributed by atoms with van der Waals surface area (Å²) < 4.78 is 12.7. The molecule has 0 spiro atoms. The first kappa shape index (κ1) is 15.0. The molecular formula is C16H18HgO4. The van der Waals surface area contributed by atoms with E-state index in [2.05, 4.69) is 0 Å². The van der Waals surface area contributed by atoms with Crippen molar-refractivity contribution < 1.29 is 38.5 Å². The first-order valence-electron chi connectivity index (χ1n) is 7.47. The van der Waals surface area contributed by atoms with Crippen LogP contribution >= 0.6 is 0 Å². The van der Waals surface area contributed by atoms with Crippen molar-refractivity contribution in [1.29, 1.82) is 0 Å². The molecule has 1 aliphatic carbocycles. The molecule has 2 atom stereocenters. The summed E-state index contributed by atoms with van der Waals surface area (Å²) in [6.07, 6.45) is 1.00. The van der Waals surface area contributed by atoms with E-state index in [4.69, 9.17) is 9.15 Å². The van der Waals surface area contributed by atoms with E-state index in [0.717, 1.165) is 39.4 Å². The molecule has 21 heavy (non-hydrogen) atoms. The summed E-state index contributed by atoms with van der Waals surface area (Å²) >= 11 is -1.53. The Kier molecular flexibility index (Phi) is 4.08. The van der Waals surface area contributed by atoms with Crippen LogP contribution in [-0.2, 0) is 34.1 Å². The van der Waals surface area contributed by atoms with Gasteiger partial charge in [-0.05, 0) is 0 Å². The predicted octanol–water partition coefficient (Wildman–Crippen LogP) is 2.86. The summed E-state index contributed by atoms with van der Waals surface area (Å²) in [4.78, 5) is 23.2. The van der Waals surface area contributed by atoms with Gasteiger partial charge >= 0.3 is 136 Å². The van der Waals surface area contributed by atoms with E-state index >= 15 is 0 Å². The van der Waals surface area contributed by atoms with Gasteiger partial charge in [-0.15, -0.1) is 0 Å². The van der Waals surface area contributed by atoms with E-state index in [0.29, 0.717) is 20.9 Å². The van der Waals surface area contributed by atoms with Crippen molar-refractivity contribution in [2.24, 2.45) is 5.92 Å². The molecule has 0 radical (unpaired) electrons. The van der Waals surface area contributed by atoms with Gasteiger partial charge in [0.25, 0.3) is 0 Å². The van der Waals surface area contributed by atoms with Crippen molar-refractivity contribution in [3.05, 3.63) is 39.1 Å². The van der Waals surface area contributed by atoms with Gasteiger partial charge in [-0.1, -0.05) is 0 Å². The van der Waals surface area contributed by atoms with Gasteiger partial charge in [0, 0.05) is 0 Å². The Hall–Kier alpha value is -0.905. The SMILES string of the molecule is C[C](=O)[Hg][CH2]C1c2c(C)cc(=O)oc2C(C)=C2OCCC21. The molecule has 4 nitrogen and oxygen atoms in total. The number of hydrogen-bond donors (Lipinski definition) is 0. The molecule has 2 heterocycles. The Bertz CT molecular complexity index is 686. The van der Waals surface area contributed by atoms with E-state index in [1.807, 2.05) is 13.8 Å². The molecule has 1 aromatic rings. The molecule has 0 saturated carbocycles. The van der Waals surface area contributed by atoms with Crippen LogP contribution in [0.25, 0.3) is 5.57 Å². The molecule has 0 aromatic carbocycles. The van der Waals surface area contributed by atoms with Gasteiger partial charge in [0.05, 0.1) is 0 Å². The molecule has 5 heteroatoms. The maximum absolute atomic E-state index is 11.7. The fourth-order valence-corrected chi connectivity index (χ4v) is 9.16. The zero-order chi connectivity index (χ0) is 15.1. The van der Waals surface area contributed by atoms with Gasteiger partial charge in [0.2, 0.25) is 0 Å². The molecule has 1 aliphatic heterocycles. The Morgan fingerprint density at radius 3 is 2.90 bits per heavy atom. The second-order valence-corrected chi connectivity index (χ2v) is 14.1. The number of aryl methyl sites for hydroxylation is 1. The topological polar surface area (TPSA) is 56.5 Å². The van der Waals surface area contributed by atoms with Crippen LogP contribution in [0.1, 0.15) is 43.1 Å². The number of fused-ring (bicyclic) bond motifs is 2. The summed E-state index contributed by atoms with van der Waals surface area (Å²) in [7, 11) is 0. The van der Waals surface area contributed by atoms with E-state index in [9.17, 15) is 9.59 Å². The zero-order valence-electron chi connectivity index (χ0n) is 12.7. The minimum atomic E-state index is -1.53. The molecule has 2 aliphatic rings. The molecule has 0 amide bonds. The Morgan fingerprint density at radius 1 is 1.43 bits per heavy atom. The van der Waals surface area contributed by atoms with Crippen molar-refractivity contribution in [3.63, 3.8) is 0 Å². The van der Waals surface area contributed by atoms with Crippen molar-refractivity contribution >= 4 is 8.87 Å². The van der Waals surface area contributed by atoms with Gasteiger partial charge in [0.15, 0.2) is 0 Å². The Labute approximate surface area is 136 Å². The molecule has 1 fully saturated rings. The number of hydrogen-bond acceptors (Lipinski definition) is 4. The molecule has 108 valence electrons. The van der Waals surface area contributed by atoms with Gasteiger partial charge < -0.3 is 0 Å². The van der Waals surface area contributed by atoms with Crippen molar-refractivity contribution in [3.8, 4) is 0 Å². The van der Waals surface area contributed by atoms with Crippen molar-refractivity contribution in [2.75, 3.05) is 6.61 Å². The van der Waals surface area contributed by atoms with Gasteiger partial charge in [-0.3, -0.25) is 0 Å². The fourth-order valence-electron chi connectivity index (χ4n) is 3.68. The summed E-state index contributed by atoms with van der Waals surface area (Å²) in [5, 5.41) is 0. The quantitative estimate of drug-likeness (QED) is 0.632. The van der Waals surface area contributed by atoms with E-state index < -0.39 is 24.6 Å². The third-order valence-corrected chi connectivity index (χ3v) is 10.9. The number of carbonyl (C=O) groups is 1. The van der Waals surface area contributed by atoms with Crippen LogP contribution in [0.5, 0.6) is 0 Å². The first-order valence-corrected chi connectivity index (χ1v) is 14.1. The second-order valence-electron chi connectivity index (χ2n) is 6.07. The molecular weight excluding hydrogens is 457 g/mol. The van der Waals surface area contributed by atoms with Gasteiger partial charge in [-0.2, -0.15) is 0 Å². The molecule has 2 unspecified atom stereocenters. The Balaban J connectivity index is 2.14. The average molecular weight is 475 g/mol. The molecule has 1 saturated heterocycles. The monoisotopic (exact) mass is 476 g/mol. The van der Waals surface area contributed by atoms with E-state index in [1.165, 1.54) is 0 Å². The summed E-state index contributed by atoms with van der Waals surface area (Å²) in [6, 6.07) is 1.57. The molecule has 0 N–H and O–H groups in total. The minimum absolute atomic E-state index is 0.302. The molecule has 0 bridgehead atoms. The van der Waals surface area contributed by atoms with Crippen LogP contribution in [0.15, 0.2) is 21.0 Å². The number of carbonyl (C=O) groups excluding carboxylic acids is 1. The summed E-state index contributed by atoms with van der Waals surface area (Å²) in [6.45, 7) is 6.39. The number of rotatable bonds is 3. The fraction of sp³-hybridized carbons (Fsp3) is 0.500.